The molecule has 2 aliphatic rings. The van der Waals surface area contributed by atoms with E-state index < -0.39 is 15.1 Å². The third-order valence-electron chi connectivity index (χ3n) is 7.88. The molecular formula is C28H39ClN8O3S. The molecule has 0 aliphatic heterocycles. The summed E-state index contributed by atoms with van der Waals surface area (Å²) in [6.07, 6.45) is 8.54. The van der Waals surface area contributed by atoms with Crippen molar-refractivity contribution in [3.63, 3.8) is 0 Å². The van der Waals surface area contributed by atoms with Gasteiger partial charge in [-0.05, 0) is 103 Å². The van der Waals surface area contributed by atoms with Crippen molar-refractivity contribution in [3.05, 3.63) is 34.6 Å². The van der Waals surface area contributed by atoms with Gasteiger partial charge in [0.25, 0.3) is 0 Å². The van der Waals surface area contributed by atoms with Crippen LogP contribution in [0.15, 0.2) is 23.4 Å². The maximum Gasteiger partial charge on any atom is 0.249 e. The normalized spacial score (nSPS) is 19.5. The molecule has 41 heavy (non-hydrogen) atoms. The maximum absolute atomic E-state index is 12.9. The Morgan fingerprint density at radius 1 is 1.05 bits per heavy atom. The number of hydrogen-bond donors (Lipinski definition) is 2. The third-order valence-corrected chi connectivity index (χ3v) is 10.2. The molecule has 0 saturated heterocycles. The predicted octanol–water partition coefficient (Wildman–Crippen LogP) is 5.37. The van der Waals surface area contributed by atoms with Crippen LogP contribution in [0.25, 0.3) is 0 Å². The first-order valence-electron chi connectivity index (χ1n) is 14.1. The number of rotatable bonds is 10. The van der Waals surface area contributed by atoms with E-state index in [1.165, 1.54) is 28.7 Å². The molecule has 0 unspecified atom stereocenters. The number of halogens is 1. The first-order chi connectivity index (χ1) is 19.4. The van der Waals surface area contributed by atoms with E-state index in [9.17, 15) is 8.42 Å². The number of ether oxygens (including phenoxy) is 1. The zero-order valence-corrected chi connectivity index (χ0v) is 26.1. The predicted molar refractivity (Wildman–Crippen MR) is 160 cm³/mol. The molecule has 0 spiro atoms. The quantitative estimate of drug-likeness (QED) is 0.313. The molecule has 222 valence electrons. The van der Waals surface area contributed by atoms with Crippen LogP contribution in [0.3, 0.4) is 0 Å². The number of hydrogen-bond acceptors (Lipinski definition) is 10. The molecule has 0 amide bonds. The van der Waals surface area contributed by atoms with Gasteiger partial charge in [0.05, 0.1) is 22.7 Å². The lowest BCUT2D eigenvalue weighted by Gasteiger charge is -2.33. The van der Waals surface area contributed by atoms with Gasteiger partial charge in [0.2, 0.25) is 20.8 Å². The summed E-state index contributed by atoms with van der Waals surface area (Å²) in [6.45, 7) is 5.35. The minimum Gasteiger partial charge on any atom is -0.488 e. The number of nitrogens with zero attached hydrogens (tertiary/aromatic N) is 6. The maximum atomic E-state index is 12.9. The van der Waals surface area contributed by atoms with E-state index in [1.807, 2.05) is 0 Å². The SMILES string of the molecule is Cc1cc(Nc2nnc(Cl)c(Nc3cn(C)nc3S(=O)(=O)C(C)C)n2)c(OC2CC2)cc1[C@H]1CC[C@H](N(C)C)CC1. The Labute approximate surface area is 247 Å². The summed E-state index contributed by atoms with van der Waals surface area (Å²) in [5, 5.41) is 17.9. The largest absolute Gasteiger partial charge is 0.488 e. The molecule has 2 heterocycles. The van der Waals surface area contributed by atoms with E-state index >= 15 is 0 Å². The molecule has 3 aromatic rings. The smallest absolute Gasteiger partial charge is 0.249 e. The zero-order chi connectivity index (χ0) is 29.5. The first-order valence-corrected chi connectivity index (χ1v) is 16.0. The van der Waals surface area contributed by atoms with Crippen LogP contribution in [-0.4, -0.2) is 69.8 Å². The Morgan fingerprint density at radius 3 is 2.39 bits per heavy atom. The van der Waals surface area contributed by atoms with E-state index in [2.05, 4.69) is 69.0 Å². The van der Waals surface area contributed by atoms with Crippen LogP contribution >= 0.6 is 11.6 Å². The second kappa shape index (κ2) is 11.7. The van der Waals surface area contributed by atoms with Crippen LogP contribution in [0.4, 0.5) is 23.1 Å². The Balaban J connectivity index is 1.41. The number of aromatic nitrogens is 5. The Hall–Kier alpha value is -2.96. The van der Waals surface area contributed by atoms with Gasteiger partial charge in [-0.1, -0.05) is 11.6 Å². The summed E-state index contributed by atoms with van der Waals surface area (Å²) < 4.78 is 33.5. The highest BCUT2D eigenvalue weighted by atomic mass is 35.5. The molecule has 2 aliphatic carbocycles. The van der Waals surface area contributed by atoms with Crippen molar-refractivity contribution in [3.8, 4) is 5.75 Å². The van der Waals surface area contributed by atoms with Gasteiger partial charge in [-0.3, -0.25) is 4.68 Å². The summed E-state index contributed by atoms with van der Waals surface area (Å²) >= 11 is 6.32. The molecule has 0 bridgehead atoms. The monoisotopic (exact) mass is 602 g/mol. The van der Waals surface area contributed by atoms with E-state index in [0.29, 0.717) is 12.0 Å². The first kappa shape index (κ1) is 29.5. The van der Waals surface area contributed by atoms with Gasteiger partial charge in [0.1, 0.15) is 5.75 Å². The lowest BCUT2D eigenvalue weighted by atomic mass is 9.80. The Morgan fingerprint density at radius 2 is 1.76 bits per heavy atom. The zero-order valence-electron chi connectivity index (χ0n) is 24.5. The fourth-order valence-electron chi connectivity index (χ4n) is 5.29. The highest BCUT2D eigenvalue weighted by molar-refractivity contribution is 7.92. The van der Waals surface area contributed by atoms with Crippen LogP contribution in [0, 0.1) is 6.92 Å². The average molecular weight is 603 g/mol. The van der Waals surface area contributed by atoms with Crippen molar-refractivity contribution >= 4 is 44.6 Å². The standard InChI is InChI=1S/C28H39ClN8O3S/c1-16(2)41(38,39)27-23(15-37(6)35-27)30-26-25(29)33-34-28(32-26)31-22-13-17(3)21(14-24(22)40-20-11-12-20)18-7-9-19(10-8-18)36(4)5/h13-16,18-20H,7-12H2,1-6H3,(H2,30,31,32,34)/t18-,19-. The van der Waals surface area contributed by atoms with Crippen molar-refractivity contribution in [1.82, 2.24) is 29.9 Å². The van der Waals surface area contributed by atoms with Crippen molar-refractivity contribution in [1.29, 1.82) is 0 Å². The van der Waals surface area contributed by atoms with E-state index in [0.717, 1.165) is 37.1 Å². The van der Waals surface area contributed by atoms with Crippen molar-refractivity contribution in [2.45, 2.75) is 87.6 Å². The number of sulfone groups is 1. The van der Waals surface area contributed by atoms with Gasteiger partial charge in [0.15, 0.2) is 11.0 Å². The van der Waals surface area contributed by atoms with E-state index in [1.54, 1.807) is 27.1 Å². The molecule has 0 radical (unpaired) electrons. The van der Waals surface area contributed by atoms with Crippen LogP contribution in [-0.2, 0) is 16.9 Å². The molecule has 0 atom stereocenters. The van der Waals surface area contributed by atoms with Gasteiger partial charge < -0.3 is 20.3 Å². The van der Waals surface area contributed by atoms with Crippen molar-refractivity contribution in [2.75, 3.05) is 24.7 Å². The minimum atomic E-state index is -3.65. The lowest BCUT2D eigenvalue weighted by Crippen LogP contribution is -2.31. The summed E-state index contributed by atoms with van der Waals surface area (Å²) in [4.78, 5) is 6.86. The second-order valence-electron chi connectivity index (χ2n) is 11.6. The minimum absolute atomic E-state index is 0.00149. The number of benzene rings is 1. The number of anilines is 4. The second-order valence-corrected chi connectivity index (χ2v) is 14.4. The summed E-state index contributed by atoms with van der Waals surface area (Å²) in [5.41, 5.74) is 3.52. The summed E-state index contributed by atoms with van der Waals surface area (Å²) in [5.74, 6) is 1.64. The third kappa shape index (κ3) is 6.60. The molecule has 2 aromatic heterocycles. The van der Waals surface area contributed by atoms with E-state index in [4.69, 9.17) is 16.3 Å². The van der Waals surface area contributed by atoms with Gasteiger partial charge in [0, 0.05) is 19.3 Å². The fourth-order valence-corrected chi connectivity index (χ4v) is 6.51. The highest BCUT2D eigenvalue weighted by Gasteiger charge is 2.29. The molecule has 5 rings (SSSR count). The molecule has 1 aromatic carbocycles. The topological polar surface area (TPSA) is 127 Å². The Kier molecular flexibility index (Phi) is 8.45. The molecule has 11 nitrogen and oxygen atoms in total. The summed E-state index contributed by atoms with van der Waals surface area (Å²) in [6, 6.07) is 4.91. The fraction of sp³-hybridized carbons (Fsp3) is 0.571. The molecule has 2 saturated carbocycles. The van der Waals surface area contributed by atoms with Crippen molar-refractivity contribution in [2.24, 2.45) is 7.05 Å². The summed E-state index contributed by atoms with van der Waals surface area (Å²) in [7, 11) is 2.33. The molecule has 2 fully saturated rings. The van der Waals surface area contributed by atoms with Gasteiger partial charge in [-0.2, -0.15) is 10.1 Å². The van der Waals surface area contributed by atoms with Crippen molar-refractivity contribution < 1.29 is 13.2 Å². The Bertz CT molecular complexity index is 1510. The highest BCUT2D eigenvalue weighted by Crippen LogP contribution is 2.42. The van der Waals surface area contributed by atoms with Crippen LogP contribution in [0.1, 0.15) is 69.4 Å². The number of aryl methyl sites for hydroxylation is 2. The van der Waals surface area contributed by atoms with E-state index in [-0.39, 0.29) is 33.7 Å². The lowest BCUT2D eigenvalue weighted by molar-refractivity contribution is 0.216. The molecule has 13 heteroatoms. The van der Waals surface area contributed by atoms with Gasteiger partial charge in [-0.25, -0.2) is 8.42 Å². The number of nitrogens with one attached hydrogen (secondary N) is 2. The van der Waals surface area contributed by atoms with Gasteiger partial charge in [-0.15, -0.1) is 10.2 Å². The molecular weight excluding hydrogens is 564 g/mol. The molecule has 2 N–H and O–H groups in total. The van der Waals surface area contributed by atoms with Crippen LogP contribution in [0.5, 0.6) is 5.75 Å². The van der Waals surface area contributed by atoms with Crippen LogP contribution < -0.4 is 15.4 Å². The average Bonchev–Trinajstić information content (AvgIpc) is 3.66. The van der Waals surface area contributed by atoms with Gasteiger partial charge >= 0.3 is 0 Å². The van der Waals surface area contributed by atoms with Crippen LogP contribution in [0.2, 0.25) is 5.15 Å².